The normalized spacial score (nSPS) is 17.7. The number of amides is 1. The molecule has 1 saturated heterocycles. The zero-order valence-corrected chi connectivity index (χ0v) is 23.8. The van der Waals surface area contributed by atoms with Crippen molar-refractivity contribution in [3.8, 4) is 5.75 Å². The summed E-state index contributed by atoms with van der Waals surface area (Å²) < 4.78 is 36.6. The number of carbonyl (C=O) groups is 1. The maximum Gasteiger partial charge on any atom is 0.251 e. The number of hydrogen-bond acceptors (Lipinski definition) is 10. The van der Waals surface area contributed by atoms with Crippen molar-refractivity contribution in [1.29, 1.82) is 0 Å². The first kappa shape index (κ1) is 26.6. The van der Waals surface area contributed by atoms with Crippen LogP contribution in [0.3, 0.4) is 0 Å². The second kappa shape index (κ2) is 10.8. The first-order valence-corrected chi connectivity index (χ1v) is 15.7. The Bertz CT molecular complexity index is 1790. The van der Waals surface area contributed by atoms with Crippen LogP contribution in [0.25, 0.3) is 10.9 Å². The third kappa shape index (κ3) is 5.12. The molecular weight excluding hydrogens is 556 g/mol. The fourth-order valence-electron chi connectivity index (χ4n) is 5.59. The van der Waals surface area contributed by atoms with Gasteiger partial charge in [-0.1, -0.05) is 6.07 Å². The third-order valence-corrected chi connectivity index (χ3v) is 9.61. The Labute approximate surface area is 243 Å². The van der Waals surface area contributed by atoms with Crippen LogP contribution in [-0.2, 0) is 27.7 Å². The molecule has 11 nitrogen and oxygen atoms in total. The van der Waals surface area contributed by atoms with Crippen molar-refractivity contribution in [2.24, 2.45) is 0 Å². The van der Waals surface area contributed by atoms with Gasteiger partial charge in [-0.2, -0.15) is 0 Å². The van der Waals surface area contributed by atoms with E-state index < -0.39 is 9.84 Å². The van der Waals surface area contributed by atoms with E-state index >= 15 is 0 Å². The van der Waals surface area contributed by atoms with Crippen LogP contribution in [0.1, 0.15) is 34.5 Å². The zero-order valence-electron chi connectivity index (χ0n) is 23.0. The van der Waals surface area contributed by atoms with E-state index in [1.165, 1.54) is 18.9 Å². The Morgan fingerprint density at radius 2 is 1.86 bits per heavy atom. The van der Waals surface area contributed by atoms with Crippen LogP contribution < -0.4 is 19.9 Å². The van der Waals surface area contributed by atoms with Gasteiger partial charge in [0.1, 0.15) is 12.4 Å². The highest BCUT2D eigenvalue weighted by Gasteiger charge is 2.25. The minimum absolute atomic E-state index is 0.104. The second-order valence-electron chi connectivity index (χ2n) is 10.6. The lowest BCUT2D eigenvalue weighted by Gasteiger charge is -2.30. The van der Waals surface area contributed by atoms with Gasteiger partial charge >= 0.3 is 0 Å². The quantitative estimate of drug-likeness (QED) is 0.372. The lowest BCUT2D eigenvalue weighted by molar-refractivity contribution is 0.0950. The number of hydrogen-bond donors (Lipinski definition) is 1. The summed E-state index contributed by atoms with van der Waals surface area (Å²) in [7, 11) is -3.51. The van der Waals surface area contributed by atoms with Gasteiger partial charge in [0, 0.05) is 36.3 Å². The molecule has 0 spiro atoms. The maximum atomic E-state index is 12.9. The number of aromatic nitrogens is 3. The van der Waals surface area contributed by atoms with Gasteiger partial charge < -0.3 is 24.6 Å². The summed E-state index contributed by atoms with van der Waals surface area (Å²) in [5.74, 6) is 1.76. The van der Waals surface area contributed by atoms with Gasteiger partial charge in [0.2, 0.25) is 0 Å². The average Bonchev–Trinajstić information content (AvgIpc) is 3.51. The summed E-state index contributed by atoms with van der Waals surface area (Å²) in [6, 6.07) is 12.5. The Hall–Kier alpha value is -4.29. The van der Waals surface area contributed by atoms with Crippen molar-refractivity contribution >= 4 is 44.0 Å². The minimum Gasteiger partial charge on any atom is -0.488 e. The standard InChI is InChI=1S/C30H30N6O5S/c37-30(20-3-4-22-19-40-11-12-42(38,39)27(22)13-20)33-17-23-14-25-21(16-31-23)5-6-28(34-25)36-9-10-41-26-15-24(18-32-29(26)36)35-7-1-2-8-35/h3-6,13-16,18H,1-2,7-12,17,19H2,(H,33,37). The van der Waals surface area contributed by atoms with Crippen molar-refractivity contribution in [3.63, 3.8) is 0 Å². The summed E-state index contributed by atoms with van der Waals surface area (Å²) in [6.45, 7) is 3.74. The van der Waals surface area contributed by atoms with E-state index in [0.29, 0.717) is 24.4 Å². The summed E-state index contributed by atoms with van der Waals surface area (Å²) in [6.07, 6.45) is 6.03. The number of rotatable bonds is 5. The van der Waals surface area contributed by atoms with E-state index in [0.717, 1.165) is 47.1 Å². The van der Waals surface area contributed by atoms with Crippen molar-refractivity contribution in [2.75, 3.05) is 48.4 Å². The SMILES string of the molecule is O=C(NCc1cc2nc(N3CCOc4cc(N5CCCC5)cnc43)ccc2cn1)c1ccc2c(c1)S(=O)(=O)CCOC2. The number of sulfone groups is 1. The summed E-state index contributed by atoms with van der Waals surface area (Å²) in [5.41, 5.74) is 3.29. The fourth-order valence-corrected chi connectivity index (χ4v) is 6.98. The second-order valence-corrected chi connectivity index (χ2v) is 12.7. The van der Waals surface area contributed by atoms with E-state index in [1.807, 2.05) is 24.4 Å². The molecule has 4 aromatic rings. The molecular formula is C30H30N6O5S. The number of pyridine rings is 3. The van der Waals surface area contributed by atoms with Crippen LogP contribution in [0.5, 0.6) is 5.75 Å². The largest absolute Gasteiger partial charge is 0.488 e. The molecule has 3 aliphatic rings. The molecule has 216 valence electrons. The van der Waals surface area contributed by atoms with E-state index in [4.69, 9.17) is 19.4 Å². The van der Waals surface area contributed by atoms with Gasteiger partial charge in [0.15, 0.2) is 21.4 Å². The van der Waals surface area contributed by atoms with Crippen LogP contribution in [0.15, 0.2) is 59.8 Å². The van der Waals surface area contributed by atoms with E-state index in [-0.39, 0.29) is 41.9 Å². The number of nitrogens with one attached hydrogen (secondary N) is 1. The van der Waals surface area contributed by atoms with Crippen LogP contribution in [-0.4, -0.2) is 67.9 Å². The molecule has 3 aromatic heterocycles. The summed E-state index contributed by atoms with van der Waals surface area (Å²) in [4.78, 5) is 31.6. The smallest absolute Gasteiger partial charge is 0.251 e. The van der Waals surface area contributed by atoms with Gasteiger partial charge in [-0.15, -0.1) is 0 Å². The van der Waals surface area contributed by atoms with E-state index in [1.54, 1.807) is 18.3 Å². The van der Waals surface area contributed by atoms with Gasteiger partial charge in [-0.05, 0) is 48.7 Å². The molecule has 0 radical (unpaired) electrons. The Balaban J connectivity index is 1.09. The third-order valence-electron chi connectivity index (χ3n) is 7.86. The summed E-state index contributed by atoms with van der Waals surface area (Å²) in [5, 5.41) is 3.73. The Morgan fingerprint density at radius 1 is 0.976 bits per heavy atom. The monoisotopic (exact) mass is 586 g/mol. The number of fused-ring (bicyclic) bond motifs is 3. The minimum atomic E-state index is -3.51. The number of benzene rings is 1. The zero-order chi connectivity index (χ0) is 28.7. The molecule has 0 aliphatic carbocycles. The molecule has 1 N–H and O–H groups in total. The van der Waals surface area contributed by atoms with Crippen molar-refractivity contribution in [3.05, 3.63) is 71.7 Å². The van der Waals surface area contributed by atoms with Crippen LogP contribution >= 0.6 is 0 Å². The van der Waals surface area contributed by atoms with E-state index in [9.17, 15) is 13.2 Å². The molecule has 12 heteroatoms. The predicted molar refractivity (Wildman–Crippen MR) is 157 cm³/mol. The maximum absolute atomic E-state index is 12.9. The molecule has 3 aliphatic heterocycles. The van der Waals surface area contributed by atoms with Gasteiger partial charge in [0.25, 0.3) is 5.91 Å². The molecule has 0 saturated carbocycles. The molecule has 1 aromatic carbocycles. The fraction of sp³-hybridized carbons (Fsp3) is 0.333. The average molecular weight is 587 g/mol. The number of carbonyl (C=O) groups excluding carboxylic acids is 1. The van der Waals surface area contributed by atoms with Crippen molar-refractivity contribution in [2.45, 2.75) is 30.9 Å². The van der Waals surface area contributed by atoms with Crippen molar-refractivity contribution in [1.82, 2.24) is 20.3 Å². The molecule has 42 heavy (non-hydrogen) atoms. The predicted octanol–water partition coefficient (Wildman–Crippen LogP) is 3.39. The van der Waals surface area contributed by atoms with Gasteiger partial charge in [0.05, 0.1) is 60.0 Å². The first-order valence-electron chi connectivity index (χ1n) is 14.1. The van der Waals surface area contributed by atoms with Crippen LogP contribution in [0.4, 0.5) is 17.3 Å². The van der Waals surface area contributed by atoms with Crippen LogP contribution in [0, 0.1) is 0 Å². The highest BCUT2D eigenvalue weighted by Crippen LogP contribution is 2.37. The number of ether oxygens (including phenoxy) is 2. The highest BCUT2D eigenvalue weighted by molar-refractivity contribution is 7.91. The molecule has 6 heterocycles. The molecule has 0 atom stereocenters. The first-order chi connectivity index (χ1) is 20.4. The topological polar surface area (TPSA) is 127 Å². The number of nitrogens with zero attached hydrogens (tertiary/aromatic N) is 5. The number of anilines is 3. The van der Waals surface area contributed by atoms with Gasteiger partial charge in [-0.25, -0.2) is 18.4 Å². The van der Waals surface area contributed by atoms with E-state index in [2.05, 4.69) is 26.2 Å². The molecule has 1 fully saturated rings. The highest BCUT2D eigenvalue weighted by atomic mass is 32.2. The Morgan fingerprint density at radius 3 is 2.74 bits per heavy atom. The lowest BCUT2D eigenvalue weighted by atomic mass is 10.1. The molecule has 0 bridgehead atoms. The molecule has 7 rings (SSSR count). The van der Waals surface area contributed by atoms with Crippen LogP contribution in [0.2, 0.25) is 0 Å². The molecule has 0 unspecified atom stereocenters. The molecule has 1 amide bonds. The Kier molecular flexibility index (Phi) is 6.87. The summed E-state index contributed by atoms with van der Waals surface area (Å²) >= 11 is 0. The van der Waals surface area contributed by atoms with Gasteiger partial charge in [-0.3, -0.25) is 9.78 Å². The van der Waals surface area contributed by atoms with Crippen molar-refractivity contribution < 1.29 is 22.7 Å². The lowest BCUT2D eigenvalue weighted by Crippen LogP contribution is -2.30.